The summed E-state index contributed by atoms with van der Waals surface area (Å²) in [6.07, 6.45) is 6.35. The molecule has 5 rings (SSSR count). The minimum Gasteiger partial charge on any atom is -0.339 e. The van der Waals surface area contributed by atoms with Crippen LogP contribution in [0.4, 0.5) is 5.82 Å². The van der Waals surface area contributed by atoms with Gasteiger partial charge in [0.15, 0.2) is 0 Å². The van der Waals surface area contributed by atoms with Crippen molar-refractivity contribution in [2.45, 2.75) is 44.3 Å². The predicted molar refractivity (Wildman–Crippen MR) is 130 cm³/mol. The number of carbonyl (C=O) groups is 2. The fraction of sp³-hybridized carbons (Fsp3) is 0.542. The maximum absolute atomic E-state index is 13.1. The van der Waals surface area contributed by atoms with Crippen LogP contribution in [0.5, 0.6) is 0 Å². The highest BCUT2D eigenvalue weighted by atomic mass is 35.5. The van der Waals surface area contributed by atoms with Crippen LogP contribution >= 0.6 is 11.6 Å². The molecule has 1 aliphatic carbocycles. The zero-order valence-electron chi connectivity index (χ0n) is 19.3. The van der Waals surface area contributed by atoms with Gasteiger partial charge in [0.1, 0.15) is 11.9 Å². The van der Waals surface area contributed by atoms with Gasteiger partial charge >= 0.3 is 0 Å². The molecule has 2 aliphatic heterocycles. The minimum absolute atomic E-state index is 0.0904. The van der Waals surface area contributed by atoms with Gasteiger partial charge in [0.05, 0.1) is 19.3 Å². The van der Waals surface area contributed by atoms with Crippen LogP contribution < -0.4 is 16.2 Å². The van der Waals surface area contributed by atoms with E-state index in [1.807, 2.05) is 29.2 Å². The number of nitrogens with one attached hydrogen (secondary N) is 3. The van der Waals surface area contributed by atoms with E-state index in [9.17, 15) is 9.59 Å². The Balaban J connectivity index is 1.10. The molecule has 1 aromatic carbocycles. The summed E-state index contributed by atoms with van der Waals surface area (Å²) in [6.45, 7) is 3.43. The van der Waals surface area contributed by atoms with Crippen LogP contribution in [0.2, 0.25) is 5.02 Å². The summed E-state index contributed by atoms with van der Waals surface area (Å²) in [7, 11) is 0. The standard InChI is InChI=1S/C24H32ClN7O2/c25-19-7-3-1-5-17(19)15-32-21(9-10-26-32)27-22(33)16-30-11-13-31(14-12-30)24(34)23-18-6-2-4-8-20(18)28-29-23/h1,3,5,7,9-10,18,20,23,28-29H,2,4,6,8,11-16H2,(H,27,33). The molecule has 0 bridgehead atoms. The van der Waals surface area contributed by atoms with Crippen molar-refractivity contribution in [3.8, 4) is 0 Å². The number of aromatic nitrogens is 2. The Bertz CT molecular complexity index is 1020. The zero-order valence-corrected chi connectivity index (χ0v) is 20.0. The fourth-order valence-electron chi connectivity index (χ4n) is 5.35. The first-order chi connectivity index (χ1) is 16.6. The number of nitrogens with zero attached hydrogens (tertiary/aromatic N) is 4. The Hall–Kier alpha value is -2.46. The first-order valence-corrected chi connectivity index (χ1v) is 12.5. The van der Waals surface area contributed by atoms with Crippen molar-refractivity contribution < 1.29 is 9.59 Å². The molecule has 0 spiro atoms. The highest BCUT2D eigenvalue weighted by molar-refractivity contribution is 6.31. The van der Waals surface area contributed by atoms with E-state index >= 15 is 0 Å². The van der Waals surface area contributed by atoms with Crippen LogP contribution in [-0.4, -0.2) is 76.2 Å². The molecular weight excluding hydrogens is 454 g/mol. The van der Waals surface area contributed by atoms with Crippen molar-refractivity contribution >= 4 is 29.2 Å². The molecule has 3 unspecified atom stereocenters. The number of anilines is 1. The van der Waals surface area contributed by atoms with Gasteiger partial charge in [-0.2, -0.15) is 5.10 Å². The van der Waals surface area contributed by atoms with Crippen LogP contribution in [0.3, 0.4) is 0 Å². The Morgan fingerprint density at radius 2 is 1.85 bits per heavy atom. The van der Waals surface area contributed by atoms with E-state index in [0.29, 0.717) is 55.5 Å². The summed E-state index contributed by atoms with van der Waals surface area (Å²) in [6, 6.07) is 9.68. The van der Waals surface area contributed by atoms with Crippen LogP contribution in [0.1, 0.15) is 31.2 Å². The van der Waals surface area contributed by atoms with Gasteiger partial charge in [-0.3, -0.25) is 19.9 Å². The smallest absolute Gasteiger partial charge is 0.241 e. The van der Waals surface area contributed by atoms with Crippen molar-refractivity contribution in [2.24, 2.45) is 5.92 Å². The molecule has 182 valence electrons. The molecule has 9 nitrogen and oxygen atoms in total. The molecule has 3 N–H and O–H groups in total. The molecule has 10 heteroatoms. The summed E-state index contributed by atoms with van der Waals surface area (Å²) in [4.78, 5) is 29.9. The van der Waals surface area contributed by atoms with Gasteiger partial charge < -0.3 is 10.2 Å². The average molecular weight is 486 g/mol. The second-order valence-corrected chi connectivity index (χ2v) is 9.84. The fourth-order valence-corrected chi connectivity index (χ4v) is 5.54. The summed E-state index contributed by atoms with van der Waals surface area (Å²) < 4.78 is 1.73. The summed E-state index contributed by atoms with van der Waals surface area (Å²) in [5, 5.41) is 7.96. The maximum Gasteiger partial charge on any atom is 0.241 e. The van der Waals surface area contributed by atoms with E-state index in [1.54, 1.807) is 16.9 Å². The highest BCUT2D eigenvalue weighted by Crippen LogP contribution is 2.31. The molecule has 34 heavy (non-hydrogen) atoms. The normalized spacial score (nSPS) is 25.2. The third-order valence-corrected chi connectivity index (χ3v) is 7.62. The van der Waals surface area contributed by atoms with E-state index in [-0.39, 0.29) is 24.4 Å². The Kier molecular flexibility index (Phi) is 7.15. The van der Waals surface area contributed by atoms with Gasteiger partial charge in [0, 0.05) is 49.2 Å². The monoisotopic (exact) mass is 485 g/mol. The van der Waals surface area contributed by atoms with Crippen LogP contribution in [-0.2, 0) is 16.1 Å². The number of carbonyl (C=O) groups excluding carboxylic acids is 2. The number of benzene rings is 1. The number of fused-ring (bicyclic) bond motifs is 1. The Labute approximate surface area is 204 Å². The SMILES string of the molecule is O=C(CN1CCN(C(=O)C2NNC3CCCCC32)CC1)Nc1ccnn1Cc1ccccc1Cl. The first-order valence-electron chi connectivity index (χ1n) is 12.2. The minimum atomic E-state index is -0.126. The molecule has 3 atom stereocenters. The Morgan fingerprint density at radius 3 is 2.68 bits per heavy atom. The van der Waals surface area contributed by atoms with Gasteiger partial charge in [-0.25, -0.2) is 10.1 Å². The van der Waals surface area contributed by atoms with E-state index in [2.05, 4.69) is 26.2 Å². The van der Waals surface area contributed by atoms with Crippen molar-refractivity contribution in [3.05, 3.63) is 47.1 Å². The number of rotatable bonds is 6. The van der Waals surface area contributed by atoms with Gasteiger partial charge in [0.25, 0.3) is 0 Å². The molecule has 1 saturated carbocycles. The third-order valence-electron chi connectivity index (χ3n) is 7.25. The molecule has 3 aliphatic rings. The number of hydrogen-bond donors (Lipinski definition) is 3. The number of piperazine rings is 1. The second kappa shape index (κ2) is 10.4. The lowest BCUT2D eigenvalue weighted by molar-refractivity contribution is -0.136. The molecule has 3 heterocycles. The summed E-state index contributed by atoms with van der Waals surface area (Å²) >= 11 is 6.27. The van der Waals surface area contributed by atoms with Crippen molar-refractivity contribution in [3.63, 3.8) is 0 Å². The lowest BCUT2D eigenvalue weighted by Crippen LogP contribution is -2.55. The predicted octanol–water partition coefficient (Wildman–Crippen LogP) is 1.70. The lowest BCUT2D eigenvalue weighted by Gasteiger charge is -2.36. The van der Waals surface area contributed by atoms with Crippen LogP contribution in [0.15, 0.2) is 36.5 Å². The first kappa shape index (κ1) is 23.3. The number of halogens is 1. The maximum atomic E-state index is 13.1. The van der Waals surface area contributed by atoms with Crippen molar-refractivity contribution in [1.29, 1.82) is 0 Å². The van der Waals surface area contributed by atoms with Gasteiger partial charge in [-0.05, 0) is 24.5 Å². The van der Waals surface area contributed by atoms with Gasteiger partial charge in [0.2, 0.25) is 11.8 Å². The van der Waals surface area contributed by atoms with E-state index in [4.69, 9.17) is 11.6 Å². The molecule has 2 saturated heterocycles. The topological polar surface area (TPSA) is 94.5 Å². The molecule has 2 amide bonds. The quantitative estimate of drug-likeness (QED) is 0.576. The van der Waals surface area contributed by atoms with Crippen molar-refractivity contribution in [2.75, 3.05) is 38.0 Å². The third kappa shape index (κ3) is 5.12. The molecule has 3 fully saturated rings. The van der Waals surface area contributed by atoms with Gasteiger partial charge in [-0.15, -0.1) is 0 Å². The van der Waals surface area contributed by atoms with Crippen LogP contribution in [0, 0.1) is 5.92 Å². The summed E-state index contributed by atoms with van der Waals surface area (Å²) in [5.41, 5.74) is 7.53. The van der Waals surface area contributed by atoms with Crippen molar-refractivity contribution in [1.82, 2.24) is 30.4 Å². The summed E-state index contributed by atoms with van der Waals surface area (Å²) in [5.74, 6) is 1.13. The van der Waals surface area contributed by atoms with E-state index < -0.39 is 0 Å². The average Bonchev–Trinajstić information content (AvgIpc) is 3.47. The number of hydrazine groups is 1. The molecule has 2 aromatic rings. The largest absolute Gasteiger partial charge is 0.339 e. The lowest BCUT2D eigenvalue weighted by atomic mass is 9.81. The molecule has 0 radical (unpaired) electrons. The van der Waals surface area contributed by atoms with E-state index in [0.717, 1.165) is 18.4 Å². The van der Waals surface area contributed by atoms with Gasteiger partial charge in [-0.1, -0.05) is 42.6 Å². The number of hydrogen-bond acceptors (Lipinski definition) is 6. The number of amides is 2. The highest BCUT2D eigenvalue weighted by Gasteiger charge is 2.42. The molecular formula is C24H32ClN7O2. The zero-order chi connectivity index (χ0) is 23.5. The Morgan fingerprint density at radius 1 is 1.06 bits per heavy atom. The molecule has 1 aromatic heterocycles. The van der Waals surface area contributed by atoms with E-state index in [1.165, 1.54) is 12.8 Å². The van der Waals surface area contributed by atoms with Crippen LogP contribution in [0.25, 0.3) is 0 Å². The second-order valence-electron chi connectivity index (χ2n) is 9.44.